The molecule has 1 aromatic heterocycles. The summed E-state index contributed by atoms with van der Waals surface area (Å²) in [7, 11) is 0. The van der Waals surface area contributed by atoms with E-state index in [1.165, 1.54) is 0 Å². The normalized spacial score (nSPS) is 10.4. The van der Waals surface area contributed by atoms with Crippen LogP contribution in [-0.2, 0) is 0 Å². The lowest BCUT2D eigenvalue weighted by molar-refractivity contribution is 0.101. The fourth-order valence-electron chi connectivity index (χ4n) is 2.98. The van der Waals surface area contributed by atoms with Crippen molar-refractivity contribution in [3.05, 3.63) is 102 Å². The monoisotopic (exact) mass is 367 g/mol. The number of rotatable bonds is 4. The van der Waals surface area contributed by atoms with Gasteiger partial charge in [0.05, 0.1) is 16.9 Å². The van der Waals surface area contributed by atoms with Crippen molar-refractivity contribution in [3.8, 4) is 0 Å². The summed E-state index contributed by atoms with van der Waals surface area (Å²) < 4.78 is 0. The first-order chi connectivity index (χ1) is 13.7. The summed E-state index contributed by atoms with van der Waals surface area (Å²) in [5.74, 6) is -0.503. The van der Waals surface area contributed by atoms with Crippen molar-refractivity contribution in [1.29, 1.82) is 0 Å². The number of nitrogens with zero attached hydrogens (tertiary/aromatic N) is 1. The van der Waals surface area contributed by atoms with Crippen LogP contribution in [-0.4, -0.2) is 16.8 Å². The average Bonchev–Trinajstić information content (AvgIpc) is 2.75. The molecule has 136 valence electrons. The maximum absolute atomic E-state index is 12.9. The van der Waals surface area contributed by atoms with Gasteiger partial charge in [-0.05, 0) is 42.5 Å². The van der Waals surface area contributed by atoms with Gasteiger partial charge in [0.15, 0.2) is 0 Å². The predicted octanol–water partition coefficient (Wildman–Crippen LogP) is 4.74. The van der Waals surface area contributed by atoms with Crippen LogP contribution in [0.4, 0.5) is 11.4 Å². The molecule has 0 atom stereocenters. The number of pyridine rings is 1. The Balaban J connectivity index is 1.60. The second-order valence-electron chi connectivity index (χ2n) is 6.20. The minimum atomic E-state index is -0.264. The minimum absolute atomic E-state index is 0.239. The van der Waals surface area contributed by atoms with E-state index in [2.05, 4.69) is 15.6 Å². The molecule has 3 aromatic carbocycles. The molecule has 0 aliphatic rings. The first-order valence-corrected chi connectivity index (χ1v) is 8.83. The molecule has 2 N–H and O–H groups in total. The van der Waals surface area contributed by atoms with E-state index >= 15 is 0 Å². The highest BCUT2D eigenvalue weighted by molar-refractivity contribution is 6.14. The number of para-hydroxylation sites is 2. The maximum Gasteiger partial charge on any atom is 0.256 e. The van der Waals surface area contributed by atoms with Crippen LogP contribution < -0.4 is 10.6 Å². The van der Waals surface area contributed by atoms with Gasteiger partial charge in [-0.15, -0.1) is 0 Å². The van der Waals surface area contributed by atoms with Crippen LogP contribution in [0.5, 0.6) is 0 Å². The van der Waals surface area contributed by atoms with E-state index in [0.29, 0.717) is 22.5 Å². The van der Waals surface area contributed by atoms with Gasteiger partial charge in [-0.1, -0.05) is 42.5 Å². The van der Waals surface area contributed by atoms with E-state index in [0.717, 1.165) is 10.9 Å². The Morgan fingerprint density at radius 2 is 1.32 bits per heavy atom. The minimum Gasteiger partial charge on any atom is -0.320 e. The summed E-state index contributed by atoms with van der Waals surface area (Å²) in [5, 5.41) is 6.52. The number of benzene rings is 3. The molecule has 4 rings (SSSR count). The zero-order chi connectivity index (χ0) is 19.3. The highest BCUT2D eigenvalue weighted by Gasteiger charge is 2.14. The molecule has 0 spiro atoms. The molecule has 0 radical (unpaired) electrons. The van der Waals surface area contributed by atoms with Crippen LogP contribution in [0.2, 0.25) is 0 Å². The van der Waals surface area contributed by atoms with Gasteiger partial charge in [-0.2, -0.15) is 0 Å². The maximum atomic E-state index is 12.9. The van der Waals surface area contributed by atoms with Crippen molar-refractivity contribution < 1.29 is 9.59 Å². The van der Waals surface area contributed by atoms with E-state index in [-0.39, 0.29) is 11.8 Å². The molecule has 4 aromatic rings. The Bertz CT molecular complexity index is 1150. The molecule has 5 heteroatoms. The lowest BCUT2D eigenvalue weighted by Gasteiger charge is -2.13. The summed E-state index contributed by atoms with van der Waals surface area (Å²) >= 11 is 0. The fourth-order valence-corrected chi connectivity index (χ4v) is 2.98. The molecule has 0 unspecified atom stereocenters. The standard InChI is InChI=1S/C23H17N3O2/c27-22(16-8-2-1-3-9-16)25-20-12-4-5-13-21(20)26-23(28)18-10-6-14-19-17(18)11-7-15-24-19/h1-15H,(H,25,27)(H,26,28). The average molecular weight is 367 g/mol. The van der Waals surface area contributed by atoms with Crippen LogP contribution in [0.25, 0.3) is 10.9 Å². The van der Waals surface area contributed by atoms with Gasteiger partial charge >= 0.3 is 0 Å². The number of hydrogen-bond donors (Lipinski definition) is 2. The number of carbonyl (C=O) groups excluding carboxylic acids is 2. The van der Waals surface area contributed by atoms with Crippen LogP contribution in [0.15, 0.2) is 91.1 Å². The van der Waals surface area contributed by atoms with Crippen molar-refractivity contribution in [1.82, 2.24) is 4.98 Å². The lowest BCUT2D eigenvalue weighted by Crippen LogP contribution is -2.17. The van der Waals surface area contributed by atoms with Crippen molar-refractivity contribution in [2.45, 2.75) is 0 Å². The molecule has 0 bridgehead atoms. The smallest absolute Gasteiger partial charge is 0.256 e. The van der Waals surface area contributed by atoms with Crippen molar-refractivity contribution in [2.75, 3.05) is 10.6 Å². The third kappa shape index (κ3) is 3.59. The van der Waals surface area contributed by atoms with Gasteiger partial charge in [0, 0.05) is 22.7 Å². The Labute approximate surface area is 162 Å². The highest BCUT2D eigenvalue weighted by Crippen LogP contribution is 2.24. The highest BCUT2D eigenvalue weighted by atomic mass is 16.2. The molecule has 0 saturated carbocycles. The quantitative estimate of drug-likeness (QED) is 0.547. The van der Waals surface area contributed by atoms with E-state index in [4.69, 9.17) is 0 Å². The zero-order valence-corrected chi connectivity index (χ0v) is 14.9. The SMILES string of the molecule is O=C(Nc1ccccc1NC(=O)c1cccc2ncccc12)c1ccccc1. The molecule has 0 saturated heterocycles. The van der Waals surface area contributed by atoms with Crippen LogP contribution in [0.3, 0.4) is 0 Å². The molecular weight excluding hydrogens is 350 g/mol. The molecule has 0 fully saturated rings. The molecule has 5 nitrogen and oxygen atoms in total. The molecule has 2 amide bonds. The van der Waals surface area contributed by atoms with Gasteiger partial charge in [0.2, 0.25) is 0 Å². The number of hydrogen-bond acceptors (Lipinski definition) is 3. The summed E-state index contributed by atoms with van der Waals surface area (Å²) in [4.78, 5) is 29.6. The third-order valence-corrected chi connectivity index (χ3v) is 4.35. The Morgan fingerprint density at radius 3 is 2.07 bits per heavy atom. The van der Waals surface area contributed by atoms with Crippen molar-refractivity contribution >= 4 is 34.1 Å². The first-order valence-electron chi connectivity index (χ1n) is 8.83. The van der Waals surface area contributed by atoms with E-state index in [1.54, 1.807) is 72.9 Å². The summed E-state index contributed by atoms with van der Waals surface area (Å²) in [6.45, 7) is 0. The summed E-state index contributed by atoms with van der Waals surface area (Å²) in [6.07, 6.45) is 1.69. The Morgan fingerprint density at radius 1 is 0.643 bits per heavy atom. The summed E-state index contributed by atoms with van der Waals surface area (Å²) in [5.41, 5.74) is 2.88. The fraction of sp³-hybridized carbons (Fsp3) is 0. The largest absolute Gasteiger partial charge is 0.320 e. The Kier molecular flexibility index (Phi) is 4.80. The number of carbonyl (C=O) groups is 2. The molecule has 0 aliphatic carbocycles. The van der Waals surface area contributed by atoms with E-state index in [1.807, 2.05) is 18.2 Å². The second kappa shape index (κ2) is 7.72. The van der Waals surface area contributed by atoms with Gasteiger partial charge in [0.1, 0.15) is 0 Å². The van der Waals surface area contributed by atoms with Crippen LogP contribution >= 0.6 is 0 Å². The van der Waals surface area contributed by atoms with Crippen LogP contribution in [0.1, 0.15) is 20.7 Å². The number of anilines is 2. The van der Waals surface area contributed by atoms with Gasteiger partial charge < -0.3 is 10.6 Å². The predicted molar refractivity (Wildman–Crippen MR) is 111 cm³/mol. The first kappa shape index (κ1) is 17.4. The second-order valence-corrected chi connectivity index (χ2v) is 6.20. The Hall–Kier alpha value is -3.99. The van der Waals surface area contributed by atoms with Gasteiger partial charge in [-0.3, -0.25) is 14.6 Å². The molecule has 1 heterocycles. The van der Waals surface area contributed by atoms with E-state index < -0.39 is 0 Å². The zero-order valence-electron chi connectivity index (χ0n) is 14.9. The third-order valence-electron chi connectivity index (χ3n) is 4.35. The van der Waals surface area contributed by atoms with E-state index in [9.17, 15) is 9.59 Å². The number of amides is 2. The summed E-state index contributed by atoms with van der Waals surface area (Å²) in [6, 6.07) is 25.1. The van der Waals surface area contributed by atoms with Crippen molar-refractivity contribution in [3.63, 3.8) is 0 Å². The number of aromatic nitrogens is 1. The topological polar surface area (TPSA) is 71.1 Å². The van der Waals surface area contributed by atoms with Crippen LogP contribution in [0, 0.1) is 0 Å². The number of fused-ring (bicyclic) bond motifs is 1. The van der Waals surface area contributed by atoms with Crippen molar-refractivity contribution in [2.24, 2.45) is 0 Å². The molecule has 0 aliphatic heterocycles. The van der Waals surface area contributed by atoms with Gasteiger partial charge in [-0.25, -0.2) is 0 Å². The van der Waals surface area contributed by atoms with Gasteiger partial charge in [0.25, 0.3) is 11.8 Å². The molecular formula is C23H17N3O2. The lowest BCUT2D eigenvalue weighted by atomic mass is 10.1. The number of nitrogens with one attached hydrogen (secondary N) is 2. The molecule has 28 heavy (non-hydrogen) atoms.